The summed E-state index contributed by atoms with van der Waals surface area (Å²) in [6.07, 6.45) is 4.88. The Hall–Kier alpha value is -1.35. The zero-order valence-corrected chi connectivity index (χ0v) is 14.1. The quantitative estimate of drug-likeness (QED) is 0.771. The van der Waals surface area contributed by atoms with E-state index in [0.717, 1.165) is 13.1 Å². The van der Waals surface area contributed by atoms with Crippen molar-refractivity contribution < 1.29 is 4.79 Å². The normalized spacial score (nSPS) is 17.8. The minimum atomic E-state index is 0.320. The Kier molecular flexibility index (Phi) is 4.53. The van der Waals surface area contributed by atoms with Gasteiger partial charge in [0.25, 0.3) is 0 Å². The molecule has 0 heterocycles. The Bertz CT molecular complexity index is 546. The average Bonchev–Trinajstić information content (AvgIpc) is 3.36. The summed E-state index contributed by atoms with van der Waals surface area (Å²) in [5.41, 5.74) is 4.01. The van der Waals surface area contributed by atoms with Crippen LogP contribution in [0, 0.1) is 13.8 Å². The smallest absolute Gasteiger partial charge is 0.237 e. The lowest BCUT2D eigenvalue weighted by Crippen LogP contribution is -2.42. The molecule has 0 N–H and O–H groups in total. The van der Waals surface area contributed by atoms with Crippen molar-refractivity contribution in [2.45, 2.75) is 65.1 Å². The van der Waals surface area contributed by atoms with Gasteiger partial charge in [0.05, 0.1) is 6.54 Å². The first-order valence-electron chi connectivity index (χ1n) is 8.68. The Morgan fingerprint density at radius 2 is 1.77 bits per heavy atom. The maximum atomic E-state index is 12.6. The van der Waals surface area contributed by atoms with Gasteiger partial charge in [-0.1, -0.05) is 18.2 Å². The molecule has 120 valence electrons. The maximum absolute atomic E-state index is 12.6. The molecule has 0 radical (unpaired) electrons. The van der Waals surface area contributed by atoms with Gasteiger partial charge >= 0.3 is 0 Å². The summed E-state index contributed by atoms with van der Waals surface area (Å²) in [7, 11) is 0. The molecule has 3 heteroatoms. The molecule has 0 bridgehead atoms. The van der Waals surface area contributed by atoms with Gasteiger partial charge < -0.3 is 4.90 Å². The third-order valence-electron chi connectivity index (χ3n) is 5.01. The Morgan fingerprint density at radius 3 is 2.32 bits per heavy atom. The monoisotopic (exact) mass is 300 g/mol. The van der Waals surface area contributed by atoms with Crippen LogP contribution in [0.2, 0.25) is 0 Å². The van der Waals surface area contributed by atoms with Crippen LogP contribution in [0.4, 0.5) is 0 Å². The van der Waals surface area contributed by atoms with Gasteiger partial charge in [0.2, 0.25) is 5.91 Å². The lowest BCUT2D eigenvalue weighted by molar-refractivity contribution is -0.133. The second kappa shape index (κ2) is 6.41. The second-order valence-corrected chi connectivity index (χ2v) is 6.97. The Morgan fingerprint density at radius 1 is 1.09 bits per heavy atom. The first kappa shape index (κ1) is 15.5. The summed E-state index contributed by atoms with van der Waals surface area (Å²) in [5, 5.41) is 0. The molecule has 3 rings (SSSR count). The number of carbonyl (C=O) groups is 1. The zero-order chi connectivity index (χ0) is 15.7. The van der Waals surface area contributed by atoms with E-state index in [2.05, 4.69) is 48.8 Å². The van der Waals surface area contributed by atoms with Gasteiger partial charge in [-0.2, -0.15) is 0 Å². The van der Waals surface area contributed by atoms with Crippen LogP contribution in [0.3, 0.4) is 0 Å². The summed E-state index contributed by atoms with van der Waals surface area (Å²) < 4.78 is 0. The molecule has 22 heavy (non-hydrogen) atoms. The molecule has 0 aromatic heterocycles. The van der Waals surface area contributed by atoms with Crippen LogP contribution in [0.1, 0.15) is 49.3 Å². The summed E-state index contributed by atoms with van der Waals surface area (Å²) >= 11 is 0. The van der Waals surface area contributed by atoms with Crippen molar-refractivity contribution in [1.82, 2.24) is 9.80 Å². The molecule has 2 fully saturated rings. The third kappa shape index (κ3) is 3.70. The molecule has 0 unspecified atom stereocenters. The van der Waals surface area contributed by atoms with Crippen LogP contribution in [-0.4, -0.2) is 40.9 Å². The van der Waals surface area contributed by atoms with E-state index in [9.17, 15) is 4.79 Å². The lowest BCUT2D eigenvalue weighted by atomic mass is 10.1. The predicted octanol–water partition coefficient (Wildman–Crippen LogP) is 3.28. The van der Waals surface area contributed by atoms with Crippen LogP contribution in [-0.2, 0) is 11.3 Å². The van der Waals surface area contributed by atoms with E-state index in [1.165, 1.54) is 42.4 Å². The van der Waals surface area contributed by atoms with Crippen molar-refractivity contribution in [3.63, 3.8) is 0 Å². The molecular weight excluding hydrogens is 272 g/mol. The number of aryl methyl sites for hydroxylation is 2. The van der Waals surface area contributed by atoms with Crippen LogP contribution in [0.25, 0.3) is 0 Å². The summed E-state index contributed by atoms with van der Waals surface area (Å²) in [6, 6.07) is 7.82. The van der Waals surface area contributed by atoms with E-state index >= 15 is 0 Å². The number of amides is 1. The Labute approximate surface area is 134 Å². The van der Waals surface area contributed by atoms with Gasteiger partial charge in [0, 0.05) is 25.2 Å². The lowest BCUT2D eigenvalue weighted by Gasteiger charge is -2.27. The van der Waals surface area contributed by atoms with Crippen molar-refractivity contribution in [3.8, 4) is 0 Å². The fourth-order valence-electron chi connectivity index (χ4n) is 3.18. The Balaban J connectivity index is 1.64. The fraction of sp³-hybridized carbons (Fsp3) is 0.632. The number of rotatable bonds is 7. The maximum Gasteiger partial charge on any atom is 0.237 e. The number of likely N-dealkylation sites (N-methyl/N-ethyl adjacent to an activating group) is 1. The van der Waals surface area contributed by atoms with Gasteiger partial charge in [-0.25, -0.2) is 0 Å². The largest absolute Gasteiger partial charge is 0.339 e. The molecule has 2 aliphatic rings. The van der Waals surface area contributed by atoms with Crippen molar-refractivity contribution >= 4 is 5.91 Å². The topological polar surface area (TPSA) is 23.6 Å². The molecule has 1 amide bonds. The minimum absolute atomic E-state index is 0.320. The van der Waals surface area contributed by atoms with E-state index in [1.54, 1.807) is 0 Å². The first-order valence-corrected chi connectivity index (χ1v) is 8.68. The van der Waals surface area contributed by atoms with Gasteiger partial charge in [-0.05, 0) is 63.1 Å². The van der Waals surface area contributed by atoms with E-state index in [4.69, 9.17) is 0 Å². The van der Waals surface area contributed by atoms with E-state index < -0.39 is 0 Å². The zero-order valence-electron chi connectivity index (χ0n) is 14.1. The van der Waals surface area contributed by atoms with Gasteiger partial charge in [0.15, 0.2) is 0 Å². The highest BCUT2D eigenvalue weighted by atomic mass is 16.2. The number of hydrogen-bond donors (Lipinski definition) is 0. The summed E-state index contributed by atoms with van der Waals surface area (Å²) in [4.78, 5) is 17.1. The number of nitrogens with zero attached hydrogens (tertiary/aromatic N) is 2. The third-order valence-corrected chi connectivity index (χ3v) is 5.01. The van der Waals surface area contributed by atoms with E-state index in [1.807, 2.05) is 0 Å². The highest BCUT2D eigenvalue weighted by Crippen LogP contribution is 2.30. The number of benzene rings is 1. The molecule has 0 aliphatic heterocycles. The molecule has 2 saturated carbocycles. The minimum Gasteiger partial charge on any atom is -0.339 e. The predicted molar refractivity (Wildman–Crippen MR) is 89.8 cm³/mol. The highest BCUT2D eigenvalue weighted by Gasteiger charge is 2.35. The molecule has 1 aromatic rings. The molecule has 0 spiro atoms. The summed E-state index contributed by atoms with van der Waals surface area (Å²) in [5.74, 6) is 0.320. The van der Waals surface area contributed by atoms with Crippen molar-refractivity contribution in [1.29, 1.82) is 0 Å². The van der Waals surface area contributed by atoms with Crippen LogP contribution in [0.15, 0.2) is 18.2 Å². The molecule has 3 nitrogen and oxygen atoms in total. The van der Waals surface area contributed by atoms with Crippen molar-refractivity contribution in [2.75, 3.05) is 13.1 Å². The molecular formula is C19H28N2O. The van der Waals surface area contributed by atoms with Crippen LogP contribution < -0.4 is 0 Å². The molecule has 2 aliphatic carbocycles. The molecule has 0 saturated heterocycles. The van der Waals surface area contributed by atoms with Gasteiger partial charge in [-0.15, -0.1) is 0 Å². The second-order valence-electron chi connectivity index (χ2n) is 6.97. The van der Waals surface area contributed by atoms with Gasteiger partial charge in [0.1, 0.15) is 0 Å². The van der Waals surface area contributed by atoms with E-state index in [0.29, 0.717) is 24.5 Å². The standard InChI is InChI=1S/C19H28N2O/c1-4-21(18-9-10-18)19(22)13-20(17-7-8-17)12-16-6-5-14(2)15(3)11-16/h5-6,11,17-18H,4,7-10,12-13H2,1-3H3. The van der Waals surface area contributed by atoms with Crippen molar-refractivity contribution in [2.24, 2.45) is 0 Å². The first-order chi connectivity index (χ1) is 10.6. The van der Waals surface area contributed by atoms with Crippen molar-refractivity contribution in [3.05, 3.63) is 34.9 Å². The summed E-state index contributed by atoms with van der Waals surface area (Å²) in [6.45, 7) is 8.75. The van der Waals surface area contributed by atoms with Crippen LogP contribution in [0.5, 0.6) is 0 Å². The average molecular weight is 300 g/mol. The fourth-order valence-corrected chi connectivity index (χ4v) is 3.18. The van der Waals surface area contributed by atoms with Crippen LogP contribution >= 0.6 is 0 Å². The molecule has 0 atom stereocenters. The molecule has 1 aromatic carbocycles. The SMILES string of the molecule is CCN(C(=O)CN(Cc1ccc(C)c(C)c1)C1CC1)C1CC1. The number of hydrogen-bond acceptors (Lipinski definition) is 2. The highest BCUT2D eigenvalue weighted by molar-refractivity contribution is 5.79. The van der Waals surface area contributed by atoms with E-state index in [-0.39, 0.29) is 0 Å². The number of carbonyl (C=O) groups excluding carboxylic acids is 1. The van der Waals surface area contributed by atoms with Gasteiger partial charge in [-0.3, -0.25) is 9.69 Å².